The summed E-state index contributed by atoms with van der Waals surface area (Å²) >= 11 is 0. The third-order valence-electron chi connectivity index (χ3n) is 7.43. The smallest absolute Gasteiger partial charge is 0.259 e. The van der Waals surface area contributed by atoms with Crippen molar-refractivity contribution in [2.45, 2.75) is 45.2 Å². The monoisotopic (exact) mass is 469 g/mol. The minimum atomic E-state index is -0.327. The topological polar surface area (TPSA) is 45.3 Å². The second-order valence-corrected chi connectivity index (χ2v) is 9.58. The van der Waals surface area contributed by atoms with Crippen molar-refractivity contribution in [2.75, 3.05) is 52.3 Å². The highest BCUT2D eigenvalue weighted by molar-refractivity contribution is 5.77. The van der Waals surface area contributed by atoms with Crippen molar-refractivity contribution in [3.8, 4) is 11.5 Å². The van der Waals surface area contributed by atoms with Crippen molar-refractivity contribution >= 4 is 11.6 Å². The predicted octanol–water partition coefficient (Wildman–Crippen LogP) is 4.33. The van der Waals surface area contributed by atoms with Gasteiger partial charge in [-0.1, -0.05) is 6.07 Å². The first-order valence-corrected chi connectivity index (χ1v) is 12.1. The number of halogens is 1. The van der Waals surface area contributed by atoms with Gasteiger partial charge in [0.05, 0.1) is 7.11 Å². The molecule has 7 heteroatoms. The largest absolute Gasteiger partial charge is 0.494 e. The molecule has 1 amide bonds. The number of fused-ring (bicyclic) bond motifs is 1. The number of amides is 1. The van der Waals surface area contributed by atoms with E-state index in [9.17, 15) is 9.18 Å². The van der Waals surface area contributed by atoms with Crippen LogP contribution in [0.4, 0.5) is 10.1 Å². The highest BCUT2D eigenvalue weighted by Gasteiger charge is 2.36. The first kappa shape index (κ1) is 24.3. The Morgan fingerprint density at radius 1 is 1.09 bits per heavy atom. The molecule has 0 bridgehead atoms. The molecule has 0 spiro atoms. The highest BCUT2D eigenvalue weighted by Crippen LogP contribution is 2.40. The molecule has 0 aromatic heterocycles. The number of likely N-dealkylation sites (N-methyl/N-ethyl adjacent to an activating group) is 1. The number of nitrogens with zero attached hydrogens (tertiary/aromatic N) is 3. The molecule has 2 atom stereocenters. The summed E-state index contributed by atoms with van der Waals surface area (Å²) in [5.74, 6) is 0.695. The zero-order valence-corrected chi connectivity index (χ0v) is 20.9. The van der Waals surface area contributed by atoms with Crippen molar-refractivity contribution in [3.63, 3.8) is 0 Å². The van der Waals surface area contributed by atoms with E-state index in [0.717, 1.165) is 49.5 Å². The fourth-order valence-corrected chi connectivity index (χ4v) is 5.27. The van der Waals surface area contributed by atoms with Crippen LogP contribution in [-0.4, -0.2) is 69.2 Å². The van der Waals surface area contributed by atoms with Crippen LogP contribution in [0.5, 0.6) is 11.5 Å². The molecule has 34 heavy (non-hydrogen) atoms. The van der Waals surface area contributed by atoms with Crippen LogP contribution in [0.3, 0.4) is 0 Å². The maximum absolute atomic E-state index is 13.9. The quantitative estimate of drug-likeness (QED) is 0.630. The van der Waals surface area contributed by atoms with E-state index in [2.05, 4.69) is 29.7 Å². The number of anilines is 1. The molecule has 2 heterocycles. The Bertz CT molecular complexity index is 1040. The molecule has 0 saturated carbocycles. The Balaban J connectivity index is 1.49. The van der Waals surface area contributed by atoms with Crippen molar-refractivity contribution in [3.05, 3.63) is 52.8 Å². The lowest BCUT2D eigenvalue weighted by molar-refractivity contribution is -0.130. The molecule has 184 valence electrons. The molecule has 0 N–H and O–H groups in total. The second kappa shape index (κ2) is 10.2. The second-order valence-electron chi connectivity index (χ2n) is 9.58. The summed E-state index contributed by atoms with van der Waals surface area (Å²) in [7, 11) is 4.98. The van der Waals surface area contributed by atoms with E-state index in [1.807, 2.05) is 12.1 Å². The lowest BCUT2D eigenvalue weighted by Crippen LogP contribution is -2.56. The van der Waals surface area contributed by atoms with Gasteiger partial charge in [-0.15, -0.1) is 0 Å². The molecule has 1 unspecified atom stereocenters. The highest BCUT2D eigenvalue weighted by atomic mass is 19.1. The minimum absolute atomic E-state index is 0.0482. The van der Waals surface area contributed by atoms with Crippen molar-refractivity contribution in [2.24, 2.45) is 0 Å². The number of hydrogen-bond acceptors (Lipinski definition) is 5. The maximum atomic E-state index is 13.9. The summed E-state index contributed by atoms with van der Waals surface area (Å²) in [6.45, 7) is 7.08. The standard InChI is InChI=1S/C27H36FN3O3/c1-18-19(2)25(34-17-27(32)29(3)4)12-10-22(18)24-8-6-7-21-16-30(13-14-31(21)24)20-9-11-23(28)26(15-20)33-5/h9-12,15,21,24H,6-8,13-14,16-17H2,1-5H3/t21?,24-/m1/s1. The van der Waals surface area contributed by atoms with E-state index < -0.39 is 0 Å². The van der Waals surface area contributed by atoms with Gasteiger partial charge in [-0.25, -0.2) is 4.39 Å². The normalized spacial score (nSPS) is 20.6. The molecule has 2 aliphatic rings. The van der Waals surface area contributed by atoms with Crippen LogP contribution in [0.25, 0.3) is 0 Å². The van der Waals surface area contributed by atoms with Crippen molar-refractivity contribution < 1.29 is 18.7 Å². The summed E-state index contributed by atoms with van der Waals surface area (Å²) in [5, 5.41) is 0. The number of carbonyl (C=O) groups excluding carboxylic acids is 1. The van der Waals surface area contributed by atoms with Gasteiger partial charge in [-0.2, -0.15) is 0 Å². The number of benzene rings is 2. The number of rotatable bonds is 6. The van der Waals surface area contributed by atoms with E-state index in [0.29, 0.717) is 17.8 Å². The Labute approximate surface area is 202 Å². The van der Waals surface area contributed by atoms with Gasteiger partial charge in [0, 0.05) is 57.6 Å². The van der Waals surface area contributed by atoms with Gasteiger partial charge in [-0.05, 0) is 68.0 Å². The molecule has 6 nitrogen and oxygen atoms in total. The minimum Gasteiger partial charge on any atom is -0.494 e. The number of piperazine rings is 1. The Hall–Kier alpha value is -2.80. The van der Waals surface area contributed by atoms with Gasteiger partial charge in [-0.3, -0.25) is 9.69 Å². The number of carbonyl (C=O) groups is 1. The van der Waals surface area contributed by atoms with E-state index >= 15 is 0 Å². The van der Waals surface area contributed by atoms with Crippen molar-refractivity contribution in [1.29, 1.82) is 0 Å². The zero-order chi connectivity index (χ0) is 24.4. The lowest BCUT2D eigenvalue weighted by Gasteiger charge is -2.49. The van der Waals surface area contributed by atoms with Gasteiger partial charge in [0.2, 0.25) is 0 Å². The molecule has 2 aromatic rings. The van der Waals surface area contributed by atoms with Crippen LogP contribution in [0.15, 0.2) is 30.3 Å². The van der Waals surface area contributed by atoms with Gasteiger partial charge in [0.1, 0.15) is 5.75 Å². The molecule has 2 aromatic carbocycles. The molecule has 2 fully saturated rings. The number of ether oxygens (including phenoxy) is 2. The van der Waals surface area contributed by atoms with Gasteiger partial charge < -0.3 is 19.3 Å². The van der Waals surface area contributed by atoms with E-state index in [-0.39, 0.29) is 18.3 Å². The molecule has 2 saturated heterocycles. The van der Waals surface area contributed by atoms with Gasteiger partial charge >= 0.3 is 0 Å². The van der Waals surface area contributed by atoms with E-state index in [1.54, 1.807) is 25.1 Å². The average molecular weight is 470 g/mol. The summed E-state index contributed by atoms with van der Waals surface area (Å²) in [5.41, 5.74) is 4.71. The molecule has 0 aliphatic carbocycles. The summed E-state index contributed by atoms with van der Waals surface area (Å²) in [6.07, 6.45) is 3.48. The third-order valence-corrected chi connectivity index (χ3v) is 7.43. The Kier molecular flexibility index (Phi) is 7.31. The van der Waals surface area contributed by atoms with Crippen LogP contribution in [0.1, 0.15) is 42.0 Å². The summed E-state index contributed by atoms with van der Waals surface area (Å²) < 4.78 is 24.9. The zero-order valence-electron chi connectivity index (χ0n) is 20.9. The Morgan fingerprint density at radius 2 is 1.88 bits per heavy atom. The number of hydrogen-bond donors (Lipinski definition) is 0. The van der Waals surface area contributed by atoms with Crippen LogP contribution in [0.2, 0.25) is 0 Å². The molecular formula is C27H36FN3O3. The van der Waals surface area contributed by atoms with E-state index in [4.69, 9.17) is 9.47 Å². The fraction of sp³-hybridized carbons (Fsp3) is 0.519. The number of piperidine rings is 1. The molecule has 2 aliphatic heterocycles. The van der Waals surface area contributed by atoms with Gasteiger partial charge in [0.15, 0.2) is 18.2 Å². The van der Waals surface area contributed by atoms with Crippen LogP contribution in [-0.2, 0) is 4.79 Å². The molecule has 4 rings (SSSR count). The SMILES string of the molecule is COc1cc(N2CCN3C(CCC[C@@H]3c3ccc(OCC(=O)N(C)C)c(C)c3C)C2)ccc1F. The molecular weight excluding hydrogens is 433 g/mol. The average Bonchev–Trinajstić information content (AvgIpc) is 2.84. The third kappa shape index (κ3) is 4.85. The molecule has 0 radical (unpaired) electrons. The lowest BCUT2D eigenvalue weighted by atomic mass is 9.86. The number of methoxy groups -OCH3 is 1. The van der Waals surface area contributed by atoms with E-state index in [1.165, 1.54) is 30.7 Å². The Morgan fingerprint density at radius 3 is 2.62 bits per heavy atom. The summed E-state index contributed by atoms with van der Waals surface area (Å²) in [6, 6.07) is 10.2. The van der Waals surface area contributed by atoms with Gasteiger partial charge in [0.25, 0.3) is 5.91 Å². The first-order valence-electron chi connectivity index (χ1n) is 12.1. The van der Waals surface area contributed by atoms with Crippen LogP contribution < -0.4 is 14.4 Å². The maximum Gasteiger partial charge on any atom is 0.259 e. The first-order chi connectivity index (χ1) is 16.3. The summed E-state index contributed by atoms with van der Waals surface area (Å²) in [4.78, 5) is 18.5. The predicted molar refractivity (Wildman–Crippen MR) is 132 cm³/mol. The van der Waals surface area contributed by atoms with Crippen LogP contribution >= 0.6 is 0 Å². The fourth-order valence-electron chi connectivity index (χ4n) is 5.27. The van der Waals surface area contributed by atoms with Crippen LogP contribution in [0, 0.1) is 19.7 Å². The van der Waals surface area contributed by atoms with Crippen molar-refractivity contribution in [1.82, 2.24) is 9.80 Å².